The molecular weight excluding hydrogens is 399 g/mol. The van der Waals surface area contributed by atoms with Crippen molar-refractivity contribution in [2.75, 3.05) is 25.0 Å². The highest BCUT2D eigenvalue weighted by atomic mass is 19.1. The highest BCUT2D eigenvalue weighted by Gasteiger charge is 2.18. The van der Waals surface area contributed by atoms with Gasteiger partial charge in [-0.2, -0.15) is 0 Å². The zero-order valence-corrected chi connectivity index (χ0v) is 17.8. The first kappa shape index (κ1) is 22.7. The van der Waals surface area contributed by atoms with E-state index in [1.54, 1.807) is 6.07 Å². The maximum absolute atomic E-state index is 13.0. The number of aromatic nitrogens is 1. The van der Waals surface area contributed by atoms with Crippen molar-refractivity contribution in [2.24, 2.45) is 0 Å². The number of anilines is 1. The largest absolute Gasteiger partial charge is 0.350 e. The Kier molecular flexibility index (Phi) is 7.94. The van der Waals surface area contributed by atoms with Crippen molar-refractivity contribution >= 4 is 17.5 Å². The van der Waals surface area contributed by atoms with E-state index in [-0.39, 0.29) is 18.2 Å². The number of benzene rings is 1. The van der Waals surface area contributed by atoms with Crippen LogP contribution in [-0.2, 0) is 11.3 Å². The van der Waals surface area contributed by atoms with Crippen LogP contribution >= 0.6 is 0 Å². The van der Waals surface area contributed by atoms with Crippen molar-refractivity contribution in [3.05, 3.63) is 64.3 Å². The van der Waals surface area contributed by atoms with Gasteiger partial charge in [-0.05, 0) is 69.3 Å². The molecular formula is C23H29FN4O3. The third-order valence-corrected chi connectivity index (χ3v) is 5.53. The standard InChI is InChI=1S/C23H29FN4O3/c1-17(27-12-4-2-3-5-13-27)15-25-22(30)20-7-6-14-28(23(20)31)16-21(29)26-19-10-8-18(24)9-11-19/h6-11,14,17H,2-5,12-13,15-16H2,1H3,(H,25,30)(H,26,29)/t17-/m1/s1. The van der Waals surface area contributed by atoms with E-state index in [0.29, 0.717) is 12.2 Å². The first-order chi connectivity index (χ1) is 14.9. The minimum atomic E-state index is -0.531. The zero-order valence-electron chi connectivity index (χ0n) is 17.8. The third kappa shape index (κ3) is 6.49. The van der Waals surface area contributed by atoms with Gasteiger partial charge in [0.15, 0.2) is 0 Å². The van der Waals surface area contributed by atoms with E-state index >= 15 is 0 Å². The number of amides is 2. The predicted octanol–water partition coefficient (Wildman–Crippen LogP) is 2.62. The monoisotopic (exact) mass is 428 g/mol. The van der Waals surface area contributed by atoms with Crippen molar-refractivity contribution in [2.45, 2.75) is 45.2 Å². The Morgan fingerprint density at radius 2 is 1.74 bits per heavy atom. The average molecular weight is 429 g/mol. The van der Waals surface area contributed by atoms with Gasteiger partial charge in [-0.15, -0.1) is 0 Å². The summed E-state index contributed by atoms with van der Waals surface area (Å²) in [7, 11) is 0. The second kappa shape index (κ2) is 10.9. The molecule has 1 atom stereocenters. The Balaban J connectivity index is 1.58. The number of nitrogens with one attached hydrogen (secondary N) is 2. The highest BCUT2D eigenvalue weighted by Crippen LogP contribution is 2.12. The lowest BCUT2D eigenvalue weighted by Crippen LogP contribution is -2.44. The van der Waals surface area contributed by atoms with Gasteiger partial charge in [-0.25, -0.2) is 4.39 Å². The normalized spacial score (nSPS) is 15.7. The lowest BCUT2D eigenvalue weighted by molar-refractivity contribution is -0.116. The quantitative estimate of drug-likeness (QED) is 0.710. The van der Waals surface area contributed by atoms with Crippen LogP contribution in [0, 0.1) is 5.82 Å². The van der Waals surface area contributed by atoms with Crippen LogP contribution in [-0.4, -0.2) is 47.0 Å². The summed E-state index contributed by atoms with van der Waals surface area (Å²) in [4.78, 5) is 39.9. The summed E-state index contributed by atoms with van der Waals surface area (Å²) >= 11 is 0. The Bertz CT molecular complexity index is 950. The van der Waals surface area contributed by atoms with Crippen molar-refractivity contribution in [1.29, 1.82) is 0 Å². The molecule has 31 heavy (non-hydrogen) atoms. The number of pyridine rings is 1. The fourth-order valence-electron chi connectivity index (χ4n) is 3.72. The molecule has 2 heterocycles. The smallest absolute Gasteiger partial charge is 0.263 e. The van der Waals surface area contributed by atoms with E-state index in [0.717, 1.165) is 13.1 Å². The van der Waals surface area contributed by atoms with Gasteiger partial charge in [0.05, 0.1) is 0 Å². The van der Waals surface area contributed by atoms with Crippen LogP contribution in [0.25, 0.3) is 0 Å². The Morgan fingerprint density at radius 3 is 2.42 bits per heavy atom. The van der Waals surface area contributed by atoms with Crippen molar-refractivity contribution in [1.82, 2.24) is 14.8 Å². The average Bonchev–Trinajstić information content (AvgIpc) is 3.04. The minimum Gasteiger partial charge on any atom is -0.350 e. The van der Waals surface area contributed by atoms with Crippen LogP contribution in [0.4, 0.5) is 10.1 Å². The molecule has 1 fully saturated rings. The summed E-state index contributed by atoms with van der Waals surface area (Å²) in [6.07, 6.45) is 6.29. The van der Waals surface area contributed by atoms with E-state index in [1.165, 1.54) is 66.8 Å². The summed E-state index contributed by atoms with van der Waals surface area (Å²) in [6.45, 7) is 4.34. The number of hydrogen-bond donors (Lipinski definition) is 2. The van der Waals surface area contributed by atoms with E-state index in [9.17, 15) is 18.8 Å². The SMILES string of the molecule is C[C@H](CNC(=O)c1cccn(CC(=O)Nc2ccc(F)cc2)c1=O)N1CCCCCC1. The number of likely N-dealkylation sites (tertiary alicyclic amines) is 1. The fourth-order valence-corrected chi connectivity index (χ4v) is 3.72. The van der Waals surface area contributed by atoms with Gasteiger partial charge in [-0.3, -0.25) is 19.3 Å². The van der Waals surface area contributed by atoms with Gasteiger partial charge in [0.1, 0.15) is 17.9 Å². The van der Waals surface area contributed by atoms with Gasteiger partial charge in [0.2, 0.25) is 5.91 Å². The van der Waals surface area contributed by atoms with Crippen LogP contribution in [0.2, 0.25) is 0 Å². The first-order valence-corrected chi connectivity index (χ1v) is 10.7. The summed E-state index contributed by atoms with van der Waals surface area (Å²) in [6, 6.07) is 8.56. The van der Waals surface area contributed by atoms with Crippen LogP contribution in [0.3, 0.4) is 0 Å². The fraction of sp³-hybridized carbons (Fsp3) is 0.435. The molecule has 8 heteroatoms. The second-order valence-electron chi connectivity index (χ2n) is 7.92. The lowest BCUT2D eigenvalue weighted by atomic mass is 10.2. The molecule has 2 amide bonds. The maximum Gasteiger partial charge on any atom is 0.263 e. The van der Waals surface area contributed by atoms with E-state index < -0.39 is 23.2 Å². The van der Waals surface area contributed by atoms with Gasteiger partial charge in [-0.1, -0.05) is 12.8 Å². The van der Waals surface area contributed by atoms with Gasteiger partial charge >= 0.3 is 0 Å². The van der Waals surface area contributed by atoms with Gasteiger partial charge < -0.3 is 15.2 Å². The highest BCUT2D eigenvalue weighted by molar-refractivity contribution is 5.94. The molecule has 1 aromatic heterocycles. The zero-order chi connectivity index (χ0) is 22.2. The number of carbonyl (C=O) groups is 2. The Morgan fingerprint density at radius 1 is 1.06 bits per heavy atom. The summed E-state index contributed by atoms with van der Waals surface area (Å²) in [5.41, 5.74) is -0.104. The molecule has 166 valence electrons. The van der Waals surface area contributed by atoms with Crippen molar-refractivity contribution < 1.29 is 14.0 Å². The summed E-state index contributed by atoms with van der Waals surface area (Å²) in [5, 5.41) is 5.46. The molecule has 2 N–H and O–H groups in total. The molecule has 0 spiro atoms. The molecule has 1 saturated heterocycles. The first-order valence-electron chi connectivity index (χ1n) is 10.7. The minimum absolute atomic E-state index is 0.000138. The van der Waals surface area contributed by atoms with Crippen LogP contribution in [0.15, 0.2) is 47.4 Å². The molecule has 3 rings (SSSR count). The third-order valence-electron chi connectivity index (χ3n) is 5.53. The molecule has 1 aliphatic rings. The number of hydrogen-bond acceptors (Lipinski definition) is 4. The summed E-state index contributed by atoms with van der Waals surface area (Å²) in [5.74, 6) is -1.29. The summed E-state index contributed by atoms with van der Waals surface area (Å²) < 4.78 is 14.2. The second-order valence-corrected chi connectivity index (χ2v) is 7.92. The number of carbonyl (C=O) groups excluding carboxylic acids is 2. The molecule has 0 bridgehead atoms. The molecule has 2 aromatic rings. The molecule has 0 unspecified atom stereocenters. The number of rotatable bonds is 7. The molecule has 1 aromatic carbocycles. The van der Waals surface area contributed by atoms with Crippen LogP contribution in [0.1, 0.15) is 43.0 Å². The number of nitrogens with zero attached hydrogens (tertiary/aromatic N) is 2. The van der Waals surface area contributed by atoms with E-state index in [4.69, 9.17) is 0 Å². The van der Waals surface area contributed by atoms with Gasteiger partial charge in [0.25, 0.3) is 11.5 Å². The molecule has 1 aliphatic heterocycles. The topological polar surface area (TPSA) is 83.4 Å². The van der Waals surface area contributed by atoms with Gasteiger partial charge in [0, 0.05) is 24.5 Å². The van der Waals surface area contributed by atoms with Crippen LogP contribution < -0.4 is 16.2 Å². The lowest BCUT2D eigenvalue weighted by Gasteiger charge is -2.27. The Labute approximate surface area is 181 Å². The Hall–Kier alpha value is -3.00. The number of halogens is 1. The van der Waals surface area contributed by atoms with Crippen molar-refractivity contribution in [3.63, 3.8) is 0 Å². The molecule has 0 saturated carbocycles. The van der Waals surface area contributed by atoms with E-state index in [1.807, 2.05) is 0 Å². The van der Waals surface area contributed by atoms with Crippen LogP contribution in [0.5, 0.6) is 0 Å². The maximum atomic E-state index is 13.0. The van der Waals surface area contributed by atoms with Crippen molar-refractivity contribution in [3.8, 4) is 0 Å². The predicted molar refractivity (Wildman–Crippen MR) is 118 cm³/mol. The van der Waals surface area contributed by atoms with E-state index in [2.05, 4.69) is 22.5 Å². The molecule has 0 aliphatic carbocycles. The molecule has 7 nitrogen and oxygen atoms in total. The molecule has 0 radical (unpaired) electrons.